The molecule has 1 aliphatic rings. The maximum atomic E-state index is 11.4. The van der Waals surface area contributed by atoms with Crippen molar-refractivity contribution in [1.29, 1.82) is 0 Å². The smallest absolute Gasteiger partial charge is 0.360 e. The number of nitrogens with zero attached hydrogens (tertiary/aromatic N) is 2. The molecular formula is C21H37N2O5+. The molecule has 0 aromatic heterocycles. The van der Waals surface area contributed by atoms with E-state index in [4.69, 9.17) is 4.74 Å². The van der Waals surface area contributed by atoms with Gasteiger partial charge in [-0.15, -0.1) is 0 Å². The first-order chi connectivity index (χ1) is 13.4. The van der Waals surface area contributed by atoms with Crippen LogP contribution in [-0.2, 0) is 14.3 Å². The fraction of sp³-hybridized carbons (Fsp3) is 0.762. The molecule has 0 radical (unpaired) electrons. The Morgan fingerprint density at radius 3 is 2.11 bits per heavy atom. The summed E-state index contributed by atoms with van der Waals surface area (Å²) in [5.41, 5.74) is 0. The molecule has 0 fully saturated rings. The quantitative estimate of drug-likeness (QED) is 0.283. The van der Waals surface area contributed by atoms with Crippen molar-refractivity contribution < 1.29 is 29.0 Å². The second kappa shape index (κ2) is 13.4. The van der Waals surface area contributed by atoms with Gasteiger partial charge in [-0.05, 0) is 6.42 Å². The van der Waals surface area contributed by atoms with E-state index in [0.29, 0.717) is 12.3 Å². The van der Waals surface area contributed by atoms with E-state index in [-0.39, 0.29) is 17.6 Å². The van der Waals surface area contributed by atoms with E-state index in [1.165, 1.54) is 58.5 Å². The van der Waals surface area contributed by atoms with E-state index in [1.807, 2.05) is 0 Å². The van der Waals surface area contributed by atoms with Crippen LogP contribution in [0.15, 0.2) is 17.4 Å². The van der Waals surface area contributed by atoms with Crippen LogP contribution in [0.3, 0.4) is 0 Å². The summed E-state index contributed by atoms with van der Waals surface area (Å²) in [6.45, 7) is 2.04. The summed E-state index contributed by atoms with van der Waals surface area (Å²) >= 11 is 0. The van der Waals surface area contributed by atoms with Crippen LogP contribution >= 0.6 is 0 Å². The van der Waals surface area contributed by atoms with Crippen molar-refractivity contribution in [1.82, 2.24) is 0 Å². The molecule has 0 aromatic rings. The topological polar surface area (TPSA) is 96.2 Å². The molecule has 1 heterocycles. The maximum absolute atomic E-state index is 11.4. The summed E-state index contributed by atoms with van der Waals surface area (Å²) in [4.78, 5) is 27.1. The number of ether oxygens (including phenoxy) is 1. The molecule has 0 aromatic carbocycles. The molecule has 2 atom stereocenters. The van der Waals surface area contributed by atoms with Crippen LogP contribution in [0.5, 0.6) is 0 Å². The fourth-order valence-corrected chi connectivity index (χ4v) is 3.67. The summed E-state index contributed by atoms with van der Waals surface area (Å²) in [6, 6.07) is 0. The first kappa shape index (κ1) is 24.3. The Morgan fingerprint density at radius 2 is 1.61 bits per heavy atom. The number of amidine groups is 1. The van der Waals surface area contributed by atoms with Gasteiger partial charge in [0.2, 0.25) is 11.9 Å². The third kappa shape index (κ3) is 8.52. The second-order valence-electron chi connectivity index (χ2n) is 7.61. The normalized spacial score (nSPS) is 19.6. The highest BCUT2D eigenvalue weighted by Crippen LogP contribution is 2.23. The van der Waals surface area contributed by atoms with Crippen LogP contribution in [0, 0.1) is 0 Å². The van der Waals surface area contributed by atoms with Gasteiger partial charge in [0.15, 0.2) is 6.54 Å². The van der Waals surface area contributed by atoms with E-state index in [1.54, 1.807) is 12.4 Å². The minimum Gasteiger partial charge on any atom is -0.479 e. The lowest BCUT2D eigenvalue weighted by molar-refractivity contribution is -0.782. The maximum Gasteiger partial charge on any atom is 0.360 e. The van der Waals surface area contributed by atoms with Gasteiger partial charge in [0, 0.05) is 13.5 Å². The zero-order valence-corrected chi connectivity index (χ0v) is 17.4. The summed E-state index contributed by atoms with van der Waals surface area (Å²) < 4.78 is 4.96. The van der Waals surface area contributed by atoms with Gasteiger partial charge in [-0.1, -0.05) is 64.7 Å². The standard InChI is InChI=1S/C21H36N2O5/c1-3-4-5-6-7-8-9-10-11-12-13-19-22-14-15-23(19,17-20(24)25)16-18(28-2)21(26)27/h14-15,18H,3-13,16-17H2,1-2H3,(H-,24,25,26,27)/p+1. The number of hydrogen-bond acceptors (Lipinski definition) is 4. The third-order valence-electron chi connectivity index (χ3n) is 5.31. The molecule has 2 unspecified atom stereocenters. The summed E-state index contributed by atoms with van der Waals surface area (Å²) in [5, 5.41) is 18.6. The number of aliphatic imine (C=N–C) groups is 1. The molecule has 0 saturated carbocycles. The van der Waals surface area contributed by atoms with Gasteiger partial charge in [0.25, 0.3) is 0 Å². The number of carbonyl (C=O) groups is 2. The van der Waals surface area contributed by atoms with Crippen LogP contribution in [0.1, 0.15) is 77.6 Å². The molecule has 7 nitrogen and oxygen atoms in total. The fourth-order valence-electron chi connectivity index (χ4n) is 3.67. The Hall–Kier alpha value is -1.73. The Balaban J connectivity index is 2.43. The molecule has 7 heteroatoms. The first-order valence-corrected chi connectivity index (χ1v) is 10.5. The van der Waals surface area contributed by atoms with Gasteiger partial charge in [0.1, 0.15) is 12.7 Å². The second-order valence-corrected chi connectivity index (χ2v) is 7.61. The van der Waals surface area contributed by atoms with Gasteiger partial charge in [-0.2, -0.15) is 0 Å². The average Bonchev–Trinajstić information content (AvgIpc) is 3.02. The number of methoxy groups -OCH3 is 1. The SMILES string of the molecule is CCCCCCCCCCCCC1=NC=C[N+]1(CC(=O)O)CC(OC)C(=O)O. The molecule has 2 N–H and O–H groups in total. The van der Waals surface area contributed by atoms with E-state index in [9.17, 15) is 19.8 Å². The number of carboxylic acid groups (broad SMARTS) is 2. The summed E-state index contributed by atoms with van der Waals surface area (Å²) in [6.07, 6.45) is 15.1. The van der Waals surface area contributed by atoms with Crippen LogP contribution in [0.25, 0.3) is 0 Å². The highest BCUT2D eigenvalue weighted by molar-refractivity contribution is 5.82. The van der Waals surface area contributed by atoms with Crippen molar-refractivity contribution in [2.24, 2.45) is 4.99 Å². The van der Waals surface area contributed by atoms with E-state index in [0.717, 1.165) is 12.8 Å². The van der Waals surface area contributed by atoms with Crippen LogP contribution in [0.2, 0.25) is 0 Å². The number of aliphatic carboxylic acids is 2. The van der Waals surface area contributed by atoms with Crippen molar-refractivity contribution in [3.8, 4) is 0 Å². The van der Waals surface area contributed by atoms with Crippen molar-refractivity contribution in [2.75, 3.05) is 20.2 Å². The Bertz CT molecular complexity index is 547. The summed E-state index contributed by atoms with van der Waals surface area (Å²) in [5.74, 6) is -1.36. The largest absolute Gasteiger partial charge is 0.479 e. The van der Waals surface area contributed by atoms with Gasteiger partial charge in [-0.25, -0.2) is 19.1 Å². The monoisotopic (exact) mass is 397 g/mol. The number of quaternary nitrogens is 1. The van der Waals surface area contributed by atoms with Gasteiger partial charge >= 0.3 is 11.9 Å². The lowest BCUT2D eigenvalue weighted by atomic mass is 10.1. The zero-order chi connectivity index (χ0) is 20.8. The minimum atomic E-state index is -1.09. The van der Waals surface area contributed by atoms with Gasteiger partial charge in [-0.3, -0.25) is 0 Å². The average molecular weight is 398 g/mol. The molecule has 0 bridgehead atoms. The molecule has 1 aliphatic heterocycles. The molecule has 0 amide bonds. The molecule has 1 rings (SSSR count). The third-order valence-corrected chi connectivity index (χ3v) is 5.31. The number of hydrogen-bond donors (Lipinski definition) is 2. The number of unbranched alkanes of at least 4 members (excludes halogenated alkanes) is 9. The summed E-state index contributed by atoms with van der Waals surface area (Å²) in [7, 11) is 1.33. The van der Waals surface area contributed by atoms with Crippen molar-refractivity contribution >= 4 is 17.8 Å². The molecule has 0 saturated heterocycles. The Labute approximate surface area is 168 Å². The molecule has 160 valence electrons. The van der Waals surface area contributed by atoms with Crippen LogP contribution in [-0.4, -0.2) is 58.8 Å². The Morgan fingerprint density at radius 1 is 1.04 bits per heavy atom. The molecule has 0 spiro atoms. The van der Waals surface area contributed by atoms with Crippen molar-refractivity contribution in [3.63, 3.8) is 0 Å². The van der Waals surface area contributed by atoms with Crippen LogP contribution in [0.4, 0.5) is 0 Å². The van der Waals surface area contributed by atoms with E-state index < -0.39 is 18.0 Å². The minimum absolute atomic E-state index is 0.0330. The van der Waals surface area contributed by atoms with E-state index >= 15 is 0 Å². The number of rotatable bonds is 17. The zero-order valence-electron chi connectivity index (χ0n) is 17.4. The van der Waals surface area contributed by atoms with E-state index in [2.05, 4.69) is 11.9 Å². The molecule has 28 heavy (non-hydrogen) atoms. The highest BCUT2D eigenvalue weighted by Gasteiger charge is 2.41. The lowest BCUT2D eigenvalue weighted by Crippen LogP contribution is -2.55. The highest BCUT2D eigenvalue weighted by atomic mass is 16.5. The predicted octanol–water partition coefficient (Wildman–Crippen LogP) is 4.18. The predicted molar refractivity (Wildman–Crippen MR) is 109 cm³/mol. The van der Waals surface area contributed by atoms with Gasteiger partial charge in [0.05, 0.1) is 6.20 Å². The Kier molecular flexibility index (Phi) is 11.7. The first-order valence-electron chi connectivity index (χ1n) is 10.5. The lowest BCUT2D eigenvalue weighted by Gasteiger charge is -2.32. The molecule has 0 aliphatic carbocycles. The van der Waals surface area contributed by atoms with Crippen molar-refractivity contribution in [3.05, 3.63) is 12.4 Å². The number of carboxylic acids is 2. The molecular weight excluding hydrogens is 360 g/mol. The van der Waals surface area contributed by atoms with Gasteiger partial charge < -0.3 is 14.9 Å². The van der Waals surface area contributed by atoms with Crippen LogP contribution < -0.4 is 0 Å². The van der Waals surface area contributed by atoms with Crippen molar-refractivity contribution in [2.45, 2.75) is 83.7 Å².